The van der Waals surface area contributed by atoms with Crippen LogP contribution in [0.15, 0.2) is 24.3 Å². The molecular formula is C31H49N5O7. The molecule has 0 unspecified atom stereocenters. The first-order chi connectivity index (χ1) is 20.2. The molecule has 5 amide bonds. The Balaban J connectivity index is 2.46. The zero-order valence-corrected chi connectivity index (χ0v) is 26.7. The first-order valence-corrected chi connectivity index (χ1v) is 14.9. The zero-order valence-electron chi connectivity index (χ0n) is 26.7. The highest BCUT2D eigenvalue weighted by molar-refractivity contribution is 5.95. The number of hydrogen-bond donors (Lipinski definition) is 4. The van der Waals surface area contributed by atoms with Gasteiger partial charge in [-0.15, -0.1) is 0 Å². The average Bonchev–Trinajstić information content (AvgIpc) is 2.93. The maximum absolute atomic E-state index is 13.6. The maximum atomic E-state index is 13.6. The fourth-order valence-corrected chi connectivity index (χ4v) is 4.53. The number of nitrogens with zero attached hydrogens (tertiary/aromatic N) is 1. The topological polar surface area (TPSA) is 155 Å². The van der Waals surface area contributed by atoms with Crippen molar-refractivity contribution in [3.8, 4) is 5.75 Å². The number of ether oxygens (including phenoxy) is 2. The molecule has 1 fully saturated rings. The van der Waals surface area contributed by atoms with Crippen LogP contribution in [0.5, 0.6) is 5.75 Å². The minimum Gasteiger partial charge on any atom is -0.497 e. The number of carbonyl (C=O) groups is 5. The molecule has 1 aromatic rings. The average molecular weight is 604 g/mol. The van der Waals surface area contributed by atoms with Gasteiger partial charge in [0, 0.05) is 19.0 Å². The summed E-state index contributed by atoms with van der Waals surface area (Å²) in [7, 11) is 1.55. The Morgan fingerprint density at radius 3 is 2.07 bits per heavy atom. The van der Waals surface area contributed by atoms with Crippen LogP contribution in [0.1, 0.15) is 60.5 Å². The molecule has 0 spiro atoms. The molecule has 0 saturated carbocycles. The number of methoxy groups -OCH3 is 1. The van der Waals surface area contributed by atoms with Crippen molar-refractivity contribution in [2.75, 3.05) is 26.8 Å². The maximum Gasteiger partial charge on any atom is 0.249 e. The van der Waals surface area contributed by atoms with E-state index in [1.54, 1.807) is 52.1 Å². The summed E-state index contributed by atoms with van der Waals surface area (Å²) >= 11 is 0. The molecule has 1 aromatic carbocycles. The van der Waals surface area contributed by atoms with E-state index >= 15 is 0 Å². The number of rotatable bonds is 9. The molecule has 12 heteroatoms. The summed E-state index contributed by atoms with van der Waals surface area (Å²) in [6.07, 6.45) is 0.255. The first kappa shape index (κ1) is 35.5. The standard InChI is InChI=1S/C31H49N5O7/c1-18(2)13-24-31(41)34-25(14-22-9-11-23(42-8)12-10-22)30(40)32-21(7)29(39)35-26(19(3)4)15-36(16-27(37)33-24)28(38)17-43-20(5)6/h9-12,18-21,24-26H,13-17H2,1-8H3,(H,32,40)(H,33,37)(H,34,41)(H,35,39)/t21-,24+,25+,26-/m1/s1. The van der Waals surface area contributed by atoms with Crippen LogP contribution >= 0.6 is 0 Å². The third-order valence-corrected chi connectivity index (χ3v) is 7.12. The molecule has 240 valence electrons. The summed E-state index contributed by atoms with van der Waals surface area (Å²) in [5, 5.41) is 11.2. The SMILES string of the molecule is COc1ccc(C[C@@H]2NC(=O)[C@H](CC(C)C)NC(=O)CN(C(=O)COC(C)C)C[C@H](C(C)C)NC(=O)[C@@H](C)NC2=O)cc1. The lowest BCUT2D eigenvalue weighted by Gasteiger charge is -2.31. The van der Waals surface area contributed by atoms with Gasteiger partial charge in [-0.3, -0.25) is 24.0 Å². The minimum absolute atomic E-state index is 0.0383. The van der Waals surface area contributed by atoms with Crippen LogP contribution in [-0.2, 0) is 35.1 Å². The molecule has 1 heterocycles. The number of hydrogen-bond acceptors (Lipinski definition) is 7. The molecule has 0 aromatic heterocycles. The van der Waals surface area contributed by atoms with Crippen molar-refractivity contribution in [1.29, 1.82) is 0 Å². The molecular weight excluding hydrogens is 554 g/mol. The molecule has 4 atom stereocenters. The van der Waals surface area contributed by atoms with Gasteiger partial charge in [0.05, 0.1) is 19.8 Å². The smallest absolute Gasteiger partial charge is 0.249 e. The van der Waals surface area contributed by atoms with Gasteiger partial charge in [-0.1, -0.05) is 39.8 Å². The Morgan fingerprint density at radius 1 is 0.884 bits per heavy atom. The molecule has 12 nitrogen and oxygen atoms in total. The van der Waals surface area contributed by atoms with Gasteiger partial charge < -0.3 is 35.6 Å². The van der Waals surface area contributed by atoms with E-state index in [2.05, 4.69) is 21.3 Å². The van der Waals surface area contributed by atoms with Crippen LogP contribution in [0.4, 0.5) is 0 Å². The summed E-state index contributed by atoms with van der Waals surface area (Å²) in [5.74, 6) is -1.91. The Labute approximate surface area is 255 Å². The van der Waals surface area contributed by atoms with E-state index in [0.29, 0.717) is 12.2 Å². The molecule has 1 saturated heterocycles. The van der Waals surface area contributed by atoms with Gasteiger partial charge in [0.1, 0.15) is 30.5 Å². The van der Waals surface area contributed by atoms with Gasteiger partial charge in [-0.25, -0.2) is 0 Å². The van der Waals surface area contributed by atoms with E-state index < -0.39 is 53.7 Å². The lowest BCUT2D eigenvalue weighted by atomic mass is 10.0. The Morgan fingerprint density at radius 2 is 1.51 bits per heavy atom. The van der Waals surface area contributed by atoms with Gasteiger partial charge in [0.2, 0.25) is 29.5 Å². The molecule has 0 radical (unpaired) electrons. The summed E-state index contributed by atoms with van der Waals surface area (Å²) in [4.78, 5) is 68.0. The molecule has 0 aliphatic carbocycles. The predicted molar refractivity (Wildman–Crippen MR) is 162 cm³/mol. The third-order valence-electron chi connectivity index (χ3n) is 7.12. The lowest BCUT2D eigenvalue weighted by molar-refractivity contribution is -0.142. The molecule has 1 aliphatic heterocycles. The van der Waals surface area contributed by atoms with E-state index in [0.717, 1.165) is 5.56 Å². The Bertz CT molecular complexity index is 1110. The minimum atomic E-state index is -1.03. The number of benzene rings is 1. The summed E-state index contributed by atoms with van der Waals surface area (Å²) in [5.41, 5.74) is 0.762. The molecule has 4 N–H and O–H groups in total. The largest absolute Gasteiger partial charge is 0.497 e. The molecule has 0 bridgehead atoms. The van der Waals surface area contributed by atoms with Crippen LogP contribution in [0.2, 0.25) is 0 Å². The van der Waals surface area contributed by atoms with Gasteiger partial charge in [-0.05, 0) is 56.7 Å². The third kappa shape index (κ3) is 11.9. The van der Waals surface area contributed by atoms with Crippen LogP contribution in [-0.4, -0.2) is 91.5 Å². The van der Waals surface area contributed by atoms with Gasteiger partial charge in [-0.2, -0.15) is 0 Å². The second kappa shape index (κ2) is 16.8. The highest BCUT2D eigenvalue weighted by Crippen LogP contribution is 2.14. The van der Waals surface area contributed by atoms with Crippen molar-refractivity contribution >= 4 is 29.5 Å². The summed E-state index contributed by atoms with van der Waals surface area (Å²) in [6.45, 7) is 12.3. The summed E-state index contributed by atoms with van der Waals surface area (Å²) in [6, 6.07) is 3.65. The van der Waals surface area contributed by atoms with E-state index in [9.17, 15) is 24.0 Å². The Hall–Kier alpha value is -3.67. The van der Waals surface area contributed by atoms with Crippen LogP contribution < -0.4 is 26.0 Å². The van der Waals surface area contributed by atoms with Crippen molar-refractivity contribution < 1.29 is 33.4 Å². The van der Waals surface area contributed by atoms with Crippen LogP contribution in [0.25, 0.3) is 0 Å². The van der Waals surface area contributed by atoms with Crippen molar-refractivity contribution in [1.82, 2.24) is 26.2 Å². The van der Waals surface area contributed by atoms with E-state index in [4.69, 9.17) is 9.47 Å². The quantitative estimate of drug-likeness (QED) is 0.330. The van der Waals surface area contributed by atoms with Gasteiger partial charge in [0.25, 0.3) is 0 Å². The lowest BCUT2D eigenvalue weighted by Crippen LogP contribution is -2.57. The van der Waals surface area contributed by atoms with Crippen molar-refractivity contribution in [2.45, 2.75) is 91.6 Å². The Kier molecular flexibility index (Phi) is 13.9. The van der Waals surface area contributed by atoms with Crippen molar-refractivity contribution in [3.05, 3.63) is 29.8 Å². The molecule has 1 aliphatic rings. The van der Waals surface area contributed by atoms with Crippen molar-refractivity contribution in [2.24, 2.45) is 11.8 Å². The van der Waals surface area contributed by atoms with Crippen molar-refractivity contribution in [3.63, 3.8) is 0 Å². The van der Waals surface area contributed by atoms with Gasteiger partial charge in [0.15, 0.2) is 0 Å². The zero-order chi connectivity index (χ0) is 32.3. The fraction of sp³-hybridized carbons (Fsp3) is 0.645. The normalized spacial score (nSPS) is 22.8. The predicted octanol–water partition coefficient (Wildman–Crippen LogP) is 1.17. The molecule has 43 heavy (non-hydrogen) atoms. The fourth-order valence-electron chi connectivity index (χ4n) is 4.53. The second-order valence-electron chi connectivity index (χ2n) is 12.1. The van der Waals surface area contributed by atoms with E-state index in [-0.39, 0.29) is 44.1 Å². The first-order valence-electron chi connectivity index (χ1n) is 14.9. The van der Waals surface area contributed by atoms with Gasteiger partial charge >= 0.3 is 0 Å². The monoisotopic (exact) mass is 603 g/mol. The van der Waals surface area contributed by atoms with Crippen LogP contribution in [0, 0.1) is 11.8 Å². The highest BCUT2D eigenvalue weighted by Gasteiger charge is 2.32. The highest BCUT2D eigenvalue weighted by atomic mass is 16.5. The number of nitrogens with one attached hydrogen (secondary N) is 4. The number of amides is 5. The second-order valence-corrected chi connectivity index (χ2v) is 12.1. The van der Waals surface area contributed by atoms with E-state index in [1.165, 1.54) is 4.90 Å². The van der Waals surface area contributed by atoms with E-state index in [1.807, 2.05) is 27.7 Å². The summed E-state index contributed by atoms with van der Waals surface area (Å²) < 4.78 is 10.7. The number of carbonyl (C=O) groups excluding carboxylic acids is 5. The molecule has 2 rings (SSSR count). The van der Waals surface area contributed by atoms with Crippen LogP contribution in [0.3, 0.4) is 0 Å².